The quantitative estimate of drug-likeness (QED) is 0.191. The lowest BCUT2D eigenvalue weighted by molar-refractivity contribution is -0.148. The van der Waals surface area contributed by atoms with E-state index in [0.29, 0.717) is 13.2 Å². The molecule has 0 saturated heterocycles. The maximum atomic E-state index is 11.6. The van der Waals surface area contributed by atoms with Crippen molar-refractivity contribution in [3.05, 3.63) is 0 Å². The molecule has 0 aliphatic carbocycles. The molecule has 1 atom stereocenters. The highest BCUT2D eigenvalue weighted by Crippen LogP contribution is 2.10. The minimum atomic E-state index is -0.0410. The van der Waals surface area contributed by atoms with Crippen LogP contribution in [0.5, 0.6) is 0 Å². The highest BCUT2D eigenvalue weighted by atomic mass is 16.5. The Kier molecular flexibility index (Phi) is 20.6. The van der Waals surface area contributed by atoms with Crippen molar-refractivity contribution in [3.63, 3.8) is 0 Å². The van der Waals surface area contributed by atoms with Crippen molar-refractivity contribution in [1.82, 2.24) is 4.90 Å². The summed E-state index contributed by atoms with van der Waals surface area (Å²) in [6, 6.07) is 0. The molecule has 0 spiro atoms. The Morgan fingerprint density at radius 1 is 0.786 bits per heavy atom. The van der Waals surface area contributed by atoms with E-state index in [2.05, 4.69) is 11.8 Å². The average Bonchev–Trinajstić information content (AvgIpc) is 2.71. The number of carbonyl (C=O) groups is 1. The summed E-state index contributed by atoms with van der Waals surface area (Å²) in [5.74, 6) is -0.00409. The van der Waals surface area contributed by atoms with Gasteiger partial charge in [0.05, 0.1) is 12.5 Å². The Morgan fingerprint density at radius 2 is 1.29 bits per heavy atom. The molecule has 0 saturated carbocycles. The lowest BCUT2D eigenvalue weighted by atomic mass is 10.1. The molecule has 0 rings (SSSR count). The number of nitrogens with zero attached hydrogens (tertiary/aromatic N) is 1. The molecule has 4 nitrogen and oxygen atoms in total. The van der Waals surface area contributed by atoms with Crippen LogP contribution in [0.3, 0.4) is 0 Å². The van der Waals surface area contributed by atoms with Gasteiger partial charge in [0.2, 0.25) is 0 Å². The lowest BCUT2D eigenvalue weighted by Crippen LogP contribution is -2.27. The van der Waals surface area contributed by atoms with E-state index in [-0.39, 0.29) is 11.9 Å². The van der Waals surface area contributed by atoms with E-state index in [4.69, 9.17) is 9.84 Å². The normalized spacial score (nSPS) is 12.5. The zero-order chi connectivity index (χ0) is 20.9. The predicted octanol–water partition coefficient (Wildman–Crippen LogP) is 5.96. The Balaban J connectivity index is 3.59. The van der Waals surface area contributed by atoms with Gasteiger partial charge in [0.15, 0.2) is 0 Å². The lowest BCUT2D eigenvalue weighted by Gasteiger charge is -2.22. The van der Waals surface area contributed by atoms with Crippen LogP contribution in [0.4, 0.5) is 0 Å². The molecule has 0 aliphatic rings. The standard InChI is InChI=1S/C24H49NO3/c1-4-6-7-13-18-25(20-15-16-21-26)19-14-11-9-8-10-12-17-22-28-24(27)23(3)5-2/h23,26H,4-22H2,1-3H3. The highest BCUT2D eigenvalue weighted by Gasteiger charge is 2.11. The summed E-state index contributed by atoms with van der Waals surface area (Å²) in [4.78, 5) is 14.2. The molecule has 168 valence electrons. The van der Waals surface area contributed by atoms with Gasteiger partial charge < -0.3 is 14.7 Å². The molecule has 0 amide bonds. The minimum absolute atomic E-state index is 0.0369. The van der Waals surface area contributed by atoms with Crippen molar-refractivity contribution in [2.75, 3.05) is 32.8 Å². The molecule has 1 N–H and O–H groups in total. The van der Waals surface area contributed by atoms with Gasteiger partial charge in [-0.25, -0.2) is 0 Å². The third-order valence-corrected chi connectivity index (χ3v) is 5.59. The molecular weight excluding hydrogens is 350 g/mol. The van der Waals surface area contributed by atoms with Crippen molar-refractivity contribution in [2.24, 2.45) is 5.92 Å². The van der Waals surface area contributed by atoms with Crippen molar-refractivity contribution >= 4 is 5.97 Å². The second-order valence-electron chi connectivity index (χ2n) is 8.28. The van der Waals surface area contributed by atoms with Crippen LogP contribution in [-0.2, 0) is 9.53 Å². The Labute approximate surface area is 175 Å². The molecule has 0 aliphatic heterocycles. The van der Waals surface area contributed by atoms with Crippen LogP contribution in [-0.4, -0.2) is 48.8 Å². The first-order valence-corrected chi connectivity index (χ1v) is 12.2. The minimum Gasteiger partial charge on any atom is -0.465 e. The number of rotatable bonds is 21. The summed E-state index contributed by atoms with van der Waals surface area (Å²) in [6.07, 6.45) is 16.8. The summed E-state index contributed by atoms with van der Waals surface area (Å²) >= 11 is 0. The number of ether oxygens (including phenoxy) is 1. The molecule has 0 aromatic rings. The van der Waals surface area contributed by atoms with Crippen LogP contribution < -0.4 is 0 Å². The SMILES string of the molecule is CCCCCCN(CCCCO)CCCCCCCCCOC(=O)C(C)CC. The van der Waals surface area contributed by atoms with E-state index in [1.165, 1.54) is 77.3 Å². The van der Waals surface area contributed by atoms with E-state index in [1.54, 1.807) is 0 Å². The Bertz CT molecular complexity index is 336. The van der Waals surface area contributed by atoms with Gasteiger partial charge in [-0.1, -0.05) is 72.1 Å². The predicted molar refractivity (Wildman–Crippen MR) is 120 cm³/mol. The van der Waals surface area contributed by atoms with Gasteiger partial charge in [-0.2, -0.15) is 0 Å². The molecule has 1 unspecified atom stereocenters. The second kappa shape index (κ2) is 21.1. The van der Waals surface area contributed by atoms with E-state index >= 15 is 0 Å². The van der Waals surface area contributed by atoms with E-state index in [1.807, 2.05) is 13.8 Å². The highest BCUT2D eigenvalue weighted by molar-refractivity contribution is 5.71. The van der Waals surface area contributed by atoms with Gasteiger partial charge in [0.1, 0.15) is 0 Å². The summed E-state index contributed by atoms with van der Waals surface area (Å²) in [6.45, 7) is 10.7. The first kappa shape index (κ1) is 27.4. The zero-order valence-electron chi connectivity index (χ0n) is 19.2. The smallest absolute Gasteiger partial charge is 0.308 e. The molecule has 0 aromatic carbocycles. The Morgan fingerprint density at radius 3 is 1.82 bits per heavy atom. The zero-order valence-corrected chi connectivity index (χ0v) is 19.2. The largest absolute Gasteiger partial charge is 0.465 e. The van der Waals surface area contributed by atoms with Gasteiger partial charge in [0.25, 0.3) is 0 Å². The van der Waals surface area contributed by atoms with Crippen molar-refractivity contribution < 1.29 is 14.6 Å². The summed E-state index contributed by atoms with van der Waals surface area (Å²) < 4.78 is 5.29. The van der Waals surface area contributed by atoms with Crippen LogP contribution in [0.2, 0.25) is 0 Å². The van der Waals surface area contributed by atoms with Crippen molar-refractivity contribution in [2.45, 2.75) is 111 Å². The molecule has 0 radical (unpaired) electrons. The third-order valence-electron chi connectivity index (χ3n) is 5.59. The van der Waals surface area contributed by atoms with Crippen LogP contribution in [0, 0.1) is 5.92 Å². The van der Waals surface area contributed by atoms with Crippen LogP contribution in [0.25, 0.3) is 0 Å². The first-order chi connectivity index (χ1) is 13.7. The van der Waals surface area contributed by atoms with Gasteiger partial charge in [-0.15, -0.1) is 0 Å². The maximum Gasteiger partial charge on any atom is 0.308 e. The summed E-state index contributed by atoms with van der Waals surface area (Å²) in [5.41, 5.74) is 0. The van der Waals surface area contributed by atoms with Crippen LogP contribution in [0.15, 0.2) is 0 Å². The monoisotopic (exact) mass is 399 g/mol. The first-order valence-electron chi connectivity index (χ1n) is 12.2. The number of unbranched alkanes of at least 4 members (excludes halogenated alkanes) is 10. The van der Waals surface area contributed by atoms with Gasteiger partial charge in [-0.3, -0.25) is 4.79 Å². The molecule has 0 heterocycles. The Hall–Kier alpha value is -0.610. The van der Waals surface area contributed by atoms with Gasteiger partial charge in [-0.05, 0) is 58.2 Å². The van der Waals surface area contributed by atoms with E-state index < -0.39 is 0 Å². The molecular formula is C24H49NO3. The maximum absolute atomic E-state index is 11.6. The molecule has 0 bridgehead atoms. The van der Waals surface area contributed by atoms with Crippen molar-refractivity contribution in [3.8, 4) is 0 Å². The topological polar surface area (TPSA) is 49.8 Å². The number of hydrogen-bond acceptors (Lipinski definition) is 4. The number of hydrogen-bond donors (Lipinski definition) is 1. The van der Waals surface area contributed by atoms with Crippen molar-refractivity contribution in [1.29, 1.82) is 0 Å². The second-order valence-corrected chi connectivity index (χ2v) is 8.28. The van der Waals surface area contributed by atoms with Crippen LogP contribution in [0.1, 0.15) is 111 Å². The third kappa shape index (κ3) is 17.5. The van der Waals surface area contributed by atoms with E-state index in [0.717, 1.165) is 32.2 Å². The number of aliphatic hydroxyl groups excluding tert-OH is 1. The van der Waals surface area contributed by atoms with Crippen LogP contribution >= 0.6 is 0 Å². The fourth-order valence-corrected chi connectivity index (χ4v) is 3.35. The number of carbonyl (C=O) groups excluding carboxylic acids is 1. The fourth-order valence-electron chi connectivity index (χ4n) is 3.35. The molecule has 0 aromatic heterocycles. The fraction of sp³-hybridized carbons (Fsp3) is 0.958. The molecule has 4 heteroatoms. The molecule has 28 heavy (non-hydrogen) atoms. The summed E-state index contributed by atoms with van der Waals surface area (Å²) in [7, 11) is 0. The average molecular weight is 400 g/mol. The van der Waals surface area contributed by atoms with E-state index in [9.17, 15) is 4.79 Å². The number of esters is 1. The summed E-state index contributed by atoms with van der Waals surface area (Å²) in [5, 5.41) is 9.00. The van der Waals surface area contributed by atoms with Gasteiger partial charge >= 0.3 is 5.97 Å². The molecule has 0 fully saturated rings. The number of aliphatic hydroxyl groups is 1. The van der Waals surface area contributed by atoms with Gasteiger partial charge in [0, 0.05) is 6.61 Å².